The van der Waals surface area contributed by atoms with Gasteiger partial charge in [0.15, 0.2) is 0 Å². The minimum atomic E-state index is 0.334. The van der Waals surface area contributed by atoms with E-state index in [0.717, 1.165) is 12.2 Å². The van der Waals surface area contributed by atoms with Gasteiger partial charge in [-0.2, -0.15) is 11.8 Å². The molecule has 1 aliphatic carbocycles. The zero-order valence-electron chi connectivity index (χ0n) is 10.6. The number of anilines is 1. The van der Waals surface area contributed by atoms with Crippen molar-refractivity contribution >= 4 is 23.4 Å². The van der Waals surface area contributed by atoms with Crippen LogP contribution in [0.5, 0.6) is 0 Å². The quantitative estimate of drug-likeness (QED) is 0.338. The standard InChI is InChI=1S/C13H20N4S/c1-18-13(8-5-9-13)10-15-12(17-14)16-11-6-3-2-4-7-11/h2-4,6-7H,5,8-10,14H2,1H3,(H2,15,16,17). The van der Waals surface area contributed by atoms with Crippen molar-refractivity contribution in [3.8, 4) is 0 Å². The fourth-order valence-corrected chi connectivity index (χ4v) is 2.89. The predicted molar refractivity (Wildman–Crippen MR) is 79.8 cm³/mol. The SMILES string of the molecule is CSC1(CN=C(NN)Nc2ccccc2)CCC1. The Morgan fingerprint density at radius 2 is 2.11 bits per heavy atom. The van der Waals surface area contributed by atoms with Crippen LogP contribution in [0.15, 0.2) is 35.3 Å². The summed E-state index contributed by atoms with van der Waals surface area (Å²) in [6, 6.07) is 9.91. The summed E-state index contributed by atoms with van der Waals surface area (Å²) in [6.07, 6.45) is 5.98. The van der Waals surface area contributed by atoms with Crippen LogP contribution in [0.4, 0.5) is 5.69 Å². The molecular weight excluding hydrogens is 244 g/mol. The third kappa shape index (κ3) is 3.17. The zero-order chi connectivity index (χ0) is 12.8. The number of hydrazine groups is 1. The van der Waals surface area contributed by atoms with Crippen molar-refractivity contribution in [2.75, 3.05) is 18.1 Å². The molecule has 1 fully saturated rings. The smallest absolute Gasteiger partial charge is 0.210 e. The third-order valence-electron chi connectivity index (χ3n) is 3.40. The second-order valence-corrected chi connectivity index (χ2v) is 5.82. The number of nitrogens with one attached hydrogen (secondary N) is 2. The summed E-state index contributed by atoms with van der Waals surface area (Å²) in [5, 5.41) is 3.18. The van der Waals surface area contributed by atoms with E-state index in [1.54, 1.807) is 0 Å². The topological polar surface area (TPSA) is 62.4 Å². The van der Waals surface area contributed by atoms with E-state index in [-0.39, 0.29) is 0 Å². The largest absolute Gasteiger partial charge is 0.325 e. The minimum absolute atomic E-state index is 0.334. The highest BCUT2D eigenvalue weighted by Crippen LogP contribution is 2.42. The van der Waals surface area contributed by atoms with Gasteiger partial charge < -0.3 is 5.32 Å². The van der Waals surface area contributed by atoms with E-state index in [9.17, 15) is 0 Å². The van der Waals surface area contributed by atoms with Crippen molar-refractivity contribution in [1.29, 1.82) is 0 Å². The van der Waals surface area contributed by atoms with Gasteiger partial charge in [-0.15, -0.1) is 0 Å². The van der Waals surface area contributed by atoms with E-state index >= 15 is 0 Å². The van der Waals surface area contributed by atoms with Gasteiger partial charge in [0.1, 0.15) is 0 Å². The van der Waals surface area contributed by atoms with Crippen LogP contribution in [0.3, 0.4) is 0 Å². The van der Waals surface area contributed by atoms with Crippen LogP contribution in [0.2, 0.25) is 0 Å². The molecule has 1 saturated carbocycles. The number of thioether (sulfide) groups is 1. The van der Waals surface area contributed by atoms with Crippen LogP contribution in [0.1, 0.15) is 19.3 Å². The number of para-hydroxylation sites is 1. The fourth-order valence-electron chi connectivity index (χ4n) is 2.00. The summed E-state index contributed by atoms with van der Waals surface area (Å²) in [7, 11) is 0. The molecule has 4 nitrogen and oxygen atoms in total. The average molecular weight is 264 g/mol. The molecule has 1 aromatic rings. The lowest BCUT2D eigenvalue weighted by Crippen LogP contribution is -2.40. The molecule has 18 heavy (non-hydrogen) atoms. The molecule has 0 aromatic heterocycles. The van der Waals surface area contributed by atoms with E-state index in [1.165, 1.54) is 19.3 Å². The molecule has 5 heteroatoms. The van der Waals surface area contributed by atoms with Crippen molar-refractivity contribution in [3.63, 3.8) is 0 Å². The maximum absolute atomic E-state index is 5.50. The molecule has 0 aliphatic heterocycles. The first-order valence-corrected chi connectivity index (χ1v) is 7.39. The molecule has 0 heterocycles. The summed E-state index contributed by atoms with van der Waals surface area (Å²) in [6.45, 7) is 0.813. The molecule has 4 N–H and O–H groups in total. The minimum Gasteiger partial charge on any atom is -0.325 e. The van der Waals surface area contributed by atoms with Crippen molar-refractivity contribution in [2.45, 2.75) is 24.0 Å². The Balaban J connectivity index is 1.96. The van der Waals surface area contributed by atoms with Crippen molar-refractivity contribution < 1.29 is 0 Å². The van der Waals surface area contributed by atoms with Crippen molar-refractivity contribution in [2.24, 2.45) is 10.8 Å². The van der Waals surface area contributed by atoms with Gasteiger partial charge in [0.25, 0.3) is 0 Å². The van der Waals surface area contributed by atoms with Gasteiger partial charge in [0.2, 0.25) is 5.96 Å². The number of rotatable bonds is 4. The molecule has 0 amide bonds. The maximum Gasteiger partial charge on any atom is 0.210 e. The number of nitrogens with two attached hydrogens (primary N) is 1. The van der Waals surface area contributed by atoms with Gasteiger partial charge >= 0.3 is 0 Å². The van der Waals surface area contributed by atoms with Crippen LogP contribution >= 0.6 is 11.8 Å². The zero-order valence-corrected chi connectivity index (χ0v) is 11.5. The number of hydrogen-bond acceptors (Lipinski definition) is 3. The van der Waals surface area contributed by atoms with Gasteiger partial charge in [-0.1, -0.05) is 24.6 Å². The Hall–Kier alpha value is -1.20. The summed E-state index contributed by atoms with van der Waals surface area (Å²) in [5.41, 5.74) is 3.61. The Labute approximate surface area is 112 Å². The van der Waals surface area contributed by atoms with Crippen molar-refractivity contribution in [3.05, 3.63) is 30.3 Å². The molecule has 2 rings (SSSR count). The van der Waals surface area contributed by atoms with Crippen LogP contribution in [-0.4, -0.2) is 23.5 Å². The highest BCUT2D eigenvalue weighted by atomic mass is 32.2. The van der Waals surface area contributed by atoms with Crippen molar-refractivity contribution in [1.82, 2.24) is 5.43 Å². The molecule has 0 spiro atoms. The lowest BCUT2D eigenvalue weighted by molar-refractivity contribution is 0.372. The number of benzene rings is 1. The van der Waals surface area contributed by atoms with Gasteiger partial charge in [0, 0.05) is 10.4 Å². The first kappa shape index (κ1) is 13.2. The Kier molecular flexibility index (Phi) is 4.49. The first-order valence-electron chi connectivity index (χ1n) is 6.16. The number of aliphatic imine (C=N–C) groups is 1. The molecule has 0 bridgehead atoms. The second kappa shape index (κ2) is 6.11. The first-order chi connectivity index (χ1) is 8.78. The molecule has 0 radical (unpaired) electrons. The summed E-state index contributed by atoms with van der Waals surface area (Å²) in [5.74, 6) is 6.13. The summed E-state index contributed by atoms with van der Waals surface area (Å²) >= 11 is 1.91. The molecule has 1 aromatic carbocycles. The van der Waals surface area contributed by atoms with E-state index < -0.39 is 0 Å². The van der Waals surface area contributed by atoms with E-state index in [4.69, 9.17) is 5.84 Å². The fraction of sp³-hybridized carbons (Fsp3) is 0.462. The monoisotopic (exact) mass is 264 g/mol. The molecule has 98 valence electrons. The van der Waals surface area contributed by atoms with Gasteiger partial charge in [-0.3, -0.25) is 10.4 Å². The summed E-state index contributed by atoms with van der Waals surface area (Å²) < 4.78 is 0.334. The lowest BCUT2D eigenvalue weighted by Gasteiger charge is -2.39. The average Bonchev–Trinajstić information content (AvgIpc) is 2.37. The Bertz CT molecular complexity index is 395. The van der Waals surface area contributed by atoms with Crippen LogP contribution in [0.25, 0.3) is 0 Å². The van der Waals surface area contributed by atoms with Crippen LogP contribution in [0, 0.1) is 0 Å². The second-order valence-electron chi connectivity index (χ2n) is 4.54. The van der Waals surface area contributed by atoms with E-state index in [0.29, 0.717) is 10.7 Å². The maximum atomic E-state index is 5.50. The number of guanidine groups is 1. The van der Waals surface area contributed by atoms with Crippen LogP contribution < -0.4 is 16.6 Å². The molecular formula is C13H20N4S. The lowest BCUT2D eigenvalue weighted by atomic mass is 9.84. The molecule has 0 saturated heterocycles. The number of hydrogen-bond donors (Lipinski definition) is 3. The summed E-state index contributed by atoms with van der Waals surface area (Å²) in [4.78, 5) is 4.55. The number of nitrogens with zero attached hydrogens (tertiary/aromatic N) is 1. The Morgan fingerprint density at radius 3 is 2.61 bits per heavy atom. The van der Waals surface area contributed by atoms with Gasteiger partial charge in [-0.25, -0.2) is 5.84 Å². The van der Waals surface area contributed by atoms with Crippen LogP contribution in [-0.2, 0) is 0 Å². The normalized spacial score (nSPS) is 18.0. The molecule has 1 aliphatic rings. The third-order valence-corrected chi connectivity index (χ3v) is 4.80. The highest BCUT2D eigenvalue weighted by molar-refractivity contribution is 8.00. The van der Waals surface area contributed by atoms with E-state index in [2.05, 4.69) is 22.0 Å². The van der Waals surface area contributed by atoms with E-state index in [1.807, 2.05) is 42.1 Å². The molecule has 0 unspecified atom stereocenters. The Morgan fingerprint density at radius 1 is 1.39 bits per heavy atom. The predicted octanol–water partition coefficient (Wildman–Crippen LogP) is 2.20. The van der Waals surface area contributed by atoms with Gasteiger partial charge in [-0.05, 0) is 31.2 Å². The molecule has 0 atom stereocenters. The highest BCUT2D eigenvalue weighted by Gasteiger charge is 2.35. The van der Waals surface area contributed by atoms with Gasteiger partial charge in [0.05, 0.1) is 6.54 Å².